The first-order chi connectivity index (χ1) is 17.7. The minimum atomic E-state index is -0.167. The van der Waals surface area contributed by atoms with E-state index in [4.69, 9.17) is 19.2 Å². The molecule has 3 heterocycles. The van der Waals surface area contributed by atoms with E-state index < -0.39 is 0 Å². The van der Waals surface area contributed by atoms with Gasteiger partial charge in [0.05, 0.1) is 44.2 Å². The number of rotatable bonds is 7. The molecule has 5 rings (SSSR count). The van der Waals surface area contributed by atoms with E-state index in [1.807, 2.05) is 60.7 Å². The lowest BCUT2D eigenvalue weighted by Crippen LogP contribution is -2.36. The number of nitrogens with one attached hydrogen (secondary N) is 1. The fraction of sp³-hybridized carbons (Fsp3) is 0.250. The minimum Gasteiger partial charge on any atom is -0.493 e. The van der Waals surface area contributed by atoms with E-state index in [1.54, 1.807) is 20.4 Å². The van der Waals surface area contributed by atoms with Crippen LogP contribution < -0.4 is 19.7 Å². The van der Waals surface area contributed by atoms with Gasteiger partial charge in [0.1, 0.15) is 5.82 Å². The number of amides is 1. The van der Waals surface area contributed by atoms with Crippen molar-refractivity contribution in [2.45, 2.75) is 6.54 Å². The van der Waals surface area contributed by atoms with Gasteiger partial charge in [0, 0.05) is 36.8 Å². The van der Waals surface area contributed by atoms with Crippen LogP contribution in [-0.2, 0) is 11.3 Å². The number of benzene rings is 2. The predicted octanol–water partition coefficient (Wildman–Crippen LogP) is 4.08. The van der Waals surface area contributed by atoms with Crippen molar-refractivity contribution in [1.29, 1.82) is 0 Å². The van der Waals surface area contributed by atoms with E-state index in [-0.39, 0.29) is 5.91 Å². The molecular weight excluding hydrogens is 456 g/mol. The highest BCUT2D eigenvalue weighted by Gasteiger charge is 2.16. The van der Waals surface area contributed by atoms with Crippen molar-refractivity contribution in [1.82, 2.24) is 15.3 Å². The second-order valence-electron chi connectivity index (χ2n) is 8.45. The van der Waals surface area contributed by atoms with Gasteiger partial charge in [0.25, 0.3) is 5.91 Å². The Bertz CT molecular complexity index is 1390. The molecule has 2 aromatic carbocycles. The summed E-state index contributed by atoms with van der Waals surface area (Å²) in [4.78, 5) is 24.9. The van der Waals surface area contributed by atoms with Gasteiger partial charge in [-0.05, 0) is 48.0 Å². The summed E-state index contributed by atoms with van der Waals surface area (Å²) in [6.07, 6.45) is 1.78. The van der Waals surface area contributed by atoms with Gasteiger partial charge in [-0.2, -0.15) is 0 Å². The third-order valence-electron chi connectivity index (χ3n) is 6.24. The number of hydrogen-bond acceptors (Lipinski definition) is 7. The number of carbonyl (C=O) groups excluding carboxylic acids is 1. The molecule has 0 atom stereocenters. The summed E-state index contributed by atoms with van der Waals surface area (Å²) in [7, 11) is 3.19. The van der Waals surface area contributed by atoms with Crippen LogP contribution >= 0.6 is 0 Å². The summed E-state index contributed by atoms with van der Waals surface area (Å²) in [6.45, 7) is 3.40. The molecule has 1 N–H and O–H groups in total. The maximum atomic E-state index is 13.4. The number of morpholine rings is 1. The van der Waals surface area contributed by atoms with Crippen molar-refractivity contribution in [3.63, 3.8) is 0 Å². The lowest BCUT2D eigenvalue weighted by Gasteiger charge is -2.28. The first kappa shape index (κ1) is 23.6. The van der Waals surface area contributed by atoms with Crippen molar-refractivity contribution in [3.05, 3.63) is 78.0 Å². The Hall–Kier alpha value is -4.17. The molecule has 8 heteroatoms. The summed E-state index contributed by atoms with van der Waals surface area (Å²) < 4.78 is 16.2. The highest BCUT2D eigenvalue weighted by Crippen LogP contribution is 2.33. The zero-order chi connectivity index (χ0) is 24.9. The number of ether oxygens (including phenoxy) is 3. The van der Waals surface area contributed by atoms with E-state index in [1.165, 1.54) is 0 Å². The second kappa shape index (κ2) is 10.6. The molecule has 0 saturated carbocycles. The number of pyridine rings is 2. The van der Waals surface area contributed by atoms with Crippen LogP contribution in [0.15, 0.2) is 66.9 Å². The molecule has 1 fully saturated rings. The van der Waals surface area contributed by atoms with Crippen LogP contribution in [0.3, 0.4) is 0 Å². The summed E-state index contributed by atoms with van der Waals surface area (Å²) in [6, 6.07) is 19.0. The van der Waals surface area contributed by atoms with Gasteiger partial charge in [0.2, 0.25) is 0 Å². The quantitative estimate of drug-likeness (QED) is 0.423. The Kier molecular flexibility index (Phi) is 6.95. The van der Waals surface area contributed by atoms with Crippen LogP contribution in [0.25, 0.3) is 22.2 Å². The highest BCUT2D eigenvalue weighted by molar-refractivity contribution is 6.07. The Morgan fingerprint density at radius 3 is 2.61 bits per heavy atom. The van der Waals surface area contributed by atoms with Gasteiger partial charge < -0.3 is 24.4 Å². The van der Waals surface area contributed by atoms with Crippen LogP contribution in [0.2, 0.25) is 0 Å². The number of nitrogens with zero attached hydrogens (tertiary/aromatic N) is 3. The number of methoxy groups -OCH3 is 2. The van der Waals surface area contributed by atoms with Crippen LogP contribution in [0.4, 0.5) is 5.82 Å². The second-order valence-corrected chi connectivity index (χ2v) is 8.45. The lowest BCUT2D eigenvalue weighted by molar-refractivity contribution is 0.0952. The molecular formula is C28H28N4O4. The van der Waals surface area contributed by atoms with Gasteiger partial charge in [-0.25, -0.2) is 9.97 Å². The van der Waals surface area contributed by atoms with Gasteiger partial charge in [-0.15, -0.1) is 0 Å². The Morgan fingerprint density at radius 2 is 1.81 bits per heavy atom. The van der Waals surface area contributed by atoms with Gasteiger partial charge >= 0.3 is 0 Å². The topological polar surface area (TPSA) is 85.8 Å². The fourth-order valence-corrected chi connectivity index (χ4v) is 4.32. The maximum Gasteiger partial charge on any atom is 0.252 e. The molecule has 184 valence electrons. The number of fused-ring (bicyclic) bond motifs is 1. The molecule has 0 unspecified atom stereocenters. The summed E-state index contributed by atoms with van der Waals surface area (Å²) in [5.74, 6) is 1.97. The number of anilines is 1. The third-order valence-corrected chi connectivity index (χ3v) is 6.24. The van der Waals surface area contributed by atoms with Crippen LogP contribution in [0.1, 0.15) is 15.9 Å². The highest BCUT2D eigenvalue weighted by atomic mass is 16.5. The van der Waals surface area contributed by atoms with E-state index in [2.05, 4.69) is 15.2 Å². The Balaban J connectivity index is 1.42. The number of hydrogen-bond donors (Lipinski definition) is 1. The maximum absolute atomic E-state index is 13.4. The average molecular weight is 485 g/mol. The SMILES string of the molecule is COc1ccc(-c2cc(C(=O)NCc3ccnc(N4CCOCC4)c3)c3ccccc3n2)cc1OC. The van der Waals surface area contributed by atoms with E-state index in [0.29, 0.717) is 42.5 Å². The lowest BCUT2D eigenvalue weighted by atomic mass is 10.0. The standard InChI is InChI=1S/C28H28N4O4/c1-34-25-8-7-20(16-26(25)35-2)24-17-22(21-5-3-4-6-23(21)31-24)28(33)30-18-19-9-10-29-27(15-19)32-11-13-36-14-12-32/h3-10,15-17H,11-14,18H2,1-2H3,(H,30,33). The molecule has 2 aromatic heterocycles. The molecule has 1 aliphatic rings. The first-order valence-corrected chi connectivity index (χ1v) is 11.8. The molecule has 0 radical (unpaired) electrons. The Labute approximate surface area is 209 Å². The number of para-hydroxylation sites is 1. The molecule has 1 aliphatic heterocycles. The van der Waals surface area contributed by atoms with Crippen molar-refractivity contribution in [2.75, 3.05) is 45.4 Å². The van der Waals surface area contributed by atoms with Crippen molar-refractivity contribution < 1.29 is 19.0 Å². The molecule has 0 aliphatic carbocycles. The molecule has 8 nitrogen and oxygen atoms in total. The Morgan fingerprint density at radius 1 is 1.00 bits per heavy atom. The number of aromatic nitrogens is 2. The van der Waals surface area contributed by atoms with Gasteiger partial charge in [0.15, 0.2) is 11.5 Å². The molecule has 36 heavy (non-hydrogen) atoms. The van der Waals surface area contributed by atoms with Crippen molar-refractivity contribution in [2.24, 2.45) is 0 Å². The monoisotopic (exact) mass is 484 g/mol. The smallest absolute Gasteiger partial charge is 0.252 e. The average Bonchev–Trinajstić information content (AvgIpc) is 2.95. The zero-order valence-corrected chi connectivity index (χ0v) is 20.4. The summed E-state index contributed by atoms with van der Waals surface area (Å²) >= 11 is 0. The van der Waals surface area contributed by atoms with Gasteiger partial charge in [-0.3, -0.25) is 4.79 Å². The van der Waals surface area contributed by atoms with Crippen LogP contribution in [0.5, 0.6) is 11.5 Å². The fourth-order valence-electron chi connectivity index (χ4n) is 4.32. The molecule has 0 spiro atoms. The first-order valence-electron chi connectivity index (χ1n) is 11.8. The predicted molar refractivity (Wildman–Crippen MR) is 139 cm³/mol. The molecule has 1 amide bonds. The third kappa shape index (κ3) is 4.94. The zero-order valence-electron chi connectivity index (χ0n) is 20.4. The molecule has 4 aromatic rings. The molecule has 0 bridgehead atoms. The van der Waals surface area contributed by atoms with Crippen LogP contribution in [-0.4, -0.2) is 56.4 Å². The van der Waals surface area contributed by atoms with Gasteiger partial charge in [-0.1, -0.05) is 18.2 Å². The normalized spacial score (nSPS) is 13.4. The van der Waals surface area contributed by atoms with E-state index in [0.717, 1.165) is 40.9 Å². The molecule has 1 saturated heterocycles. The van der Waals surface area contributed by atoms with Crippen molar-refractivity contribution >= 4 is 22.6 Å². The van der Waals surface area contributed by atoms with E-state index in [9.17, 15) is 4.79 Å². The van der Waals surface area contributed by atoms with E-state index >= 15 is 0 Å². The summed E-state index contributed by atoms with van der Waals surface area (Å²) in [5, 5.41) is 3.87. The summed E-state index contributed by atoms with van der Waals surface area (Å²) in [5.41, 5.74) is 3.80. The minimum absolute atomic E-state index is 0.167. The van der Waals surface area contributed by atoms with Crippen LogP contribution in [0, 0.1) is 0 Å². The largest absolute Gasteiger partial charge is 0.493 e. The number of carbonyl (C=O) groups is 1. The van der Waals surface area contributed by atoms with Crippen molar-refractivity contribution in [3.8, 4) is 22.8 Å².